The molecule has 3 heteroatoms. The minimum absolute atomic E-state index is 0.162. The normalized spacial score (nSPS) is 13.4. The van der Waals surface area contributed by atoms with Gasteiger partial charge in [0.05, 0.1) is 22.8 Å². The Morgan fingerprint density at radius 3 is 1.34 bits per heavy atom. The molecule has 368 valence electrons. The molecule has 12 aromatic rings. The van der Waals surface area contributed by atoms with Gasteiger partial charge in [-0.15, -0.1) is 0 Å². The summed E-state index contributed by atoms with van der Waals surface area (Å²) in [4.78, 5) is 2.48. The second-order valence-corrected chi connectivity index (χ2v) is 21.6. The Morgan fingerprint density at radius 1 is 0.299 bits per heavy atom. The van der Waals surface area contributed by atoms with Crippen LogP contribution in [0.3, 0.4) is 0 Å². The molecule has 0 atom stereocenters. The number of benzene rings is 10. The van der Waals surface area contributed by atoms with Crippen LogP contribution in [-0.4, -0.2) is 9.13 Å². The molecule has 14 rings (SSSR count). The zero-order chi connectivity index (χ0) is 51.8. The van der Waals surface area contributed by atoms with Crippen LogP contribution in [0.4, 0.5) is 17.1 Å². The van der Waals surface area contributed by atoms with Crippen LogP contribution in [0.1, 0.15) is 50.1 Å². The largest absolute Gasteiger partial charge is 0.311 e. The van der Waals surface area contributed by atoms with E-state index in [2.05, 4.69) is 315 Å². The number of aromatic nitrogens is 2. The summed E-state index contributed by atoms with van der Waals surface area (Å²) in [6.07, 6.45) is 0. The summed E-state index contributed by atoms with van der Waals surface area (Å²) in [6.45, 7) is 9.65. The first-order valence-electron chi connectivity index (χ1n) is 26.9. The Balaban J connectivity index is 1.05. The summed E-state index contributed by atoms with van der Waals surface area (Å²) in [7, 11) is 0. The maximum Gasteiger partial charge on any atom is 0.0617 e. The molecule has 2 heterocycles. The molecule has 0 amide bonds. The molecule has 0 bridgehead atoms. The van der Waals surface area contributed by atoms with Gasteiger partial charge in [0.2, 0.25) is 0 Å². The van der Waals surface area contributed by atoms with E-state index in [1.165, 1.54) is 89.5 Å². The lowest BCUT2D eigenvalue weighted by atomic mass is 9.81. The number of para-hydroxylation sites is 3. The van der Waals surface area contributed by atoms with Crippen LogP contribution >= 0.6 is 0 Å². The van der Waals surface area contributed by atoms with E-state index >= 15 is 0 Å². The Labute approximate surface area is 452 Å². The topological polar surface area (TPSA) is 13.1 Å². The highest BCUT2D eigenvalue weighted by Crippen LogP contribution is 2.63. The standard InChI is InChI=1S/C74H57N3/c1-73(2)62-41-25-23-40-60(62)61-48-47-58(49-63(61)73)75(64-42-26-24-39-59(64)50-27-11-5-12-28-50)57-45-43-52(44-46-57)66-68-71(76(55-35-19-9-20-36-55)70(66)54-33-17-8-18-34-54)67-65(51-29-13-6-14-30-51)69(53-31-15-7-16-32-53)77(72(67)74(68,3)4)56-37-21-10-22-38-56/h5-49H,1-4H3. The molecule has 2 aliphatic carbocycles. The average molecular weight is 988 g/mol. The van der Waals surface area contributed by atoms with Gasteiger partial charge in [-0.3, -0.25) is 0 Å². The third kappa shape index (κ3) is 7.25. The molecular formula is C74H57N3. The van der Waals surface area contributed by atoms with Crippen LogP contribution in [0.2, 0.25) is 0 Å². The molecule has 0 N–H and O–H groups in total. The maximum atomic E-state index is 2.59. The highest BCUT2D eigenvalue weighted by Gasteiger charge is 2.49. The number of hydrogen-bond donors (Lipinski definition) is 0. The van der Waals surface area contributed by atoms with E-state index in [9.17, 15) is 0 Å². The molecule has 10 aromatic carbocycles. The van der Waals surface area contributed by atoms with Crippen molar-refractivity contribution in [1.82, 2.24) is 9.13 Å². The second kappa shape index (κ2) is 18.1. The van der Waals surface area contributed by atoms with Gasteiger partial charge >= 0.3 is 0 Å². The summed E-state index contributed by atoms with van der Waals surface area (Å²) in [6, 6.07) is 100. The summed E-state index contributed by atoms with van der Waals surface area (Å²) in [5.74, 6) is 0. The van der Waals surface area contributed by atoms with Gasteiger partial charge in [-0.25, -0.2) is 0 Å². The van der Waals surface area contributed by atoms with Crippen molar-refractivity contribution in [3.8, 4) is 89.7 Å². The monoisotopic (exact) mass is 987 g/mol. The number of nitrogens with zero attached hydrogens (tertiary/aromatic N) is 3. The van der Waals surface area contributed by atoms with E-state index in [1.807, 2.05) is 0 Å². The van der Waals surface area contributed by atoms with Gasteiger partial charge in [-0.1, -0.05) is 246 Å². The predicted octanol–water partition coefficient (Wildman–Crippen LogP) is 19.7. The molecule has 2 aliphatic rings. The van der Waals surface area contributed by atoms with Gasteiger partial charge in [-0.05, 0) is 110 Å². The third-order valence-electron chi connectivity index (χ3n) is 16.5. The summed E-state index contributed by atoms with van der Waals surface area (Å²) < 4.78 is 5.17. The molecule has 3 nitrogen and oxygen atoms in total. The zero-order valence-corrected chi connectivity index (χ0v) is 43.8. The van der Waals surface area contributed by atoms with E-state index in [-0.39, 0.29) is 5.41 Å². The molecular weight excluding hydrogens is 931 g/mol. The first-order chi connectivity index (χ1) is 37.8. The van der Waals surface area contributed by atoms with E-state index in [4.69, 9.17) is 0 Å². The van der Waals surface area contributed by atoms with Crippen molar-refractivity contribution >= 4 is 17.1 Å². The van der Waals surface area contributed by atoms with Crippen molar-refractivity contribution in [2.45, 2.75) is 38.5 Å². The summed E-state index contributed by atoms with van der Waals surface area (Å²) in [5, 5.41) is 0. The van der Waals surface area contributed by atoms with Crippen molar-refractivity contribution in [2.75, 3.05) is 4.90 Å². The lowest BCUT2D eigenvalue weighted by molar-refractivity contribution is 0.623. The van der Waals surface area contributed by atoms with Crippen molar-refractivity contribution in [3.63, 3.8) is 0 Å². The van der Waals surface area contributed by atoms with Crippen LogP contribution in [-0.2, 0) is 10.8 Å². The van der Waals surface area contributed by atoms with E-state index < -0.39 is 5.41 Å². The molecule has 0 unspecified atom stereocenters. The van der Waals surface area contributed by atoms with Crippen molar-refractivity contribution in [2.24, 2.45) is 0 Å². The quantitative estimate of drug-likeness (QED) is 0.133. The van der Waals surface area contributed by atoms with Crippen molar-refractivity contribution in [1.29, 1.82) is 0 Å². The first kappa shape index (κ1) is 46.1. The molecule has 77 heavy (non-hydrogen) atoms. The predicted molar refractivity (Wildman–Crippen MR) is 322 cm³/mol. The molecule has 0 saturated carbocycles. The molecule has 0 fully saturated rings. The zero-order valence-electron chi connectivity index (χ0n) is 43.8. The van der Waals surface area contributed by atoms with Crippen LogP contribution in [0, 0.1) is 0 Å². The van der Waals surface area contributed by atoms with Crippen molar-refractivity contribution in [3.05, 3.63) is 295 Å². The smallest absolute Gasteiger partial charge is 0.0617 e. The number of rotatable bonds is 10. The Kier molecular flexibility index (Phi) is 10.9. The van der Waals surface area contributed by atoms with Crippen LogP contribution in [0.5, 0.6) is 0 Å². The maximum absolute atomic E-state index is 2.59. The third-order valence-corrected chi connectivity index (χ3v) is 16.5. The van der Waals surface area contributed by atoms with E-state index in [0.717, 1.165) is 39.6 Å². The fraction of sp³-hybridized carbons (Fsp3) is 0.0811. The molecule has 2 aromatic heterocycles. The molecule has 0 aliphatic heterocycles. The molecule has 0 saturated heterocycles. The number of fused-ring (bicyclic) bond motifs is 6. The van der Waals surface area contributed by atoms with Gasteiger partial charge in [0.25, 0.3) is 0 Å². The van der Waals surface area contributed by atoms with Crippen molar-refractivity contribution < 1.29 is 0 Å². The number of anilines is 3. The Bertz CT molecular complexity index is 4150. The fourth-order valence-electron chi connectivity index (χ4n) is 13.1. The molecule has 0 spiro atoms. The SMILES string of the molecule is CC1(C)c2ccccc2-c2ccc(N(c3ccc(-c4c5c(n(-c6ccccc6)c4-c4ccccc4)-c4c(-c6ccccc6)c(-c6ccccc6)n(-c6ccccc6)c4C5(C)C)cc3)c3ccccc3-c3ccccc3)cc21. The summed E-state index contributed by atoms with van der Waals surface area (Å²) in [5.41, 5.74) is 27.2. The average Bonchev–Trinajstić information content (AvgIpc) is 4.16. The second-order valence-electron chi connectivity index (χ2n) is 21.6. The lowest BCUT2D eigenvalue weighted by Gasteiger charge is -2.30. The van der Waals surface area contributed by atoms with Gasteiger partial charge in [-0.2, -0.15) is 0 Å². The minimum atomic E-state index is -0.496. The fourth-order valence-corrected chi connectivity index (χ4v) is 13.1. The van der Waals surface area contributed by atoms with Gasteiger partial charge in [0.1, 0.15) is 0 Å². The van der Waals surface area contributed by atoms with Crippen LogP contribution in [0.15, 0.2) is 273 Å². The highest BCUT2D eigenvalue weighted by molar-refractivity contribution is 6.06. The summed E-state index contributed by atoms with van der Waals surface area (Å²) >= 11 is 0. The molecule has 0 radical (unpaired) electrons. The van der Waals surface area contributed by atoms with Crippen LogP contribution in [0.25, 0.3) is 89.7 Å². The minimum Gasteiger partial charge on any atom is -0.311 e. The lowest BCUT2D eigenvalue weighted by Crippen LogP contribution is -2.21. The van der Waals surface area contributed by atoms with Crippen LogP contribution < -0.4 is 4.90 Å². The van der Waals surface area contributed by atoms with Gasteiger partial charge in [0, 0.05) is 61.5 Å². The Morgan fingerprint density at radius 2 is 0.740 bits per heavy atom. The van der Waals surface area contributed by atoms with Gasteiger partial charge in [0.15, 0.2) is 0 Å². The van der Waals surface area contributed by atoms with E-state index in [1.54, 1.807) is 0 Å². The number of hydrogen-bond acceptors (Lipinski definition) is 1. The van der Waals surface area contributed by atoms with E-state index in [0.29, 0.717) is 0 Å². The first-order valence-corrected chi connectivity index (χ1v) is 26.9. The Hall–Kier alpha value is -9.44. The highest BCUT2D eigenvalue weighted by atomic mass is 15.1. The van der Waals surface area contributed by atoms with Gasteiger partial charge < -0.3 is 14.0 Å².